The van der Waals surface area contributed by atoms with Crippen molar-refractivity contribution in [1.29, 1.82) is 0 Å². The summed E-state index contributed by atoms with van der Waals surface area (Å²) in [6.45, 7) is 0.835. The molecule has 0 aliphatic carbocycles. The van der Waals surface area contributed by atoms with Gasteiger partial charge in [0.2, 0.25) is 11.8 Å². The summed E-state index contributed by atoms with van der Waals surface area (Å²) in [5.41, 5.74) is 3.80. The van der Waals surface area contributed by atoms with Crippen molar-refractivity contribution in [2.24, 2.45) is 0 Å². The lowest BCUT2D eigenvalue weighted by molar-refractivity contribution is 0.268. The Hall–Kier alpha value is -2.82. The van der Waals surface area contributed by atoms with Gasteiger partial charge in [0.1, 0.15) is 13.2 Å². The Morgan fingerprint density at radius 3 is 1.93 bits per heavy atom. The third-order valence-corrected chi connectivity index (χ3v) is 5.31. The summed E-state index contributed by atoms with van der Waals surface area (Å²) in [6, 6.07) is 29.5. The van der Waals surface area contributed by atoms with Crippen LogP contribution in [0, 0.1) is 0 Å². The predicted molar refractivity (Wildman–Crippen MR) is 124 cm³/mol. The van der Waals surface area contributed by atoms with Gasteiger partial charge in [-0.2, -0.15) is 4.98 Å². The molecular weight excluding hydrogens is 462 g/mol. The van der Waals surface area contributed by atoms with E-state index in [4.69, 9.17) is 21.1 Å². The molecule has 5 heteroatoms. The van der Waals surface area contributed by atoms with Crippen molar-refractivity contribution in [1.82, 2.24) is 4.98 Å². The second kappa shape index (κ2) is 9.79. The van der Waals surface area contributed by atoms with Gasteiger partial charge in [-0.05, 0) is 29.3 Å². The van der Waals surface area contributed by atoms with Crippen molar-refractivity contribution >= 4 is 27.5 Å². The summed E-state index contributed by atoms with van der Waals surface area (Å²) >= 11 is 9.94. The molecule has 0 radical (unpaired) electrons. The topological polar surface area (TPSA) is 31.4 Å². The molecule has 4 aromatic rings. The minimum atomic E-state index is 0.400. The third kappa shape index (κ3) is 5.21. The highest BCUT2D eigenvalue weighted by Crippen LogP contribution is 2.37. The lowest BCUT2D eigenvalue weighted by Gasteiger charge is -2.14. The van der Waals surface area contributed by atoms with Gasteiger partial charge in [-0.1, -0.05) is 94.3 Å². The van der Waals surface area contributed by atoms with Crippen LogP contribution >= 0.6 is 27.5 Å². The van der Waals surface area contributed by atoms with Gasteiger partial charge < -0.3 is 9.47 Å². The van der Waals surface area contributed by atoms with E-state index in [0.717, 1.165) is 26.7 Å². The minimum absolute atomic E-state index is 0.400. The smallest absolute Gasteiger partial charge is 0.225 e. The summed E-state index contributed by atoms with van der Waals surface area (Å²) in [4.78, 5) is 4.63. The fraction of sp³-hybridized carbons (Fsp3) is 0.0800. The van der Waals surface area contributed by atoms with Crippen LogP contribution in [0.4, 0.5) is 0 Å². The summed E-state index contributed by atoms with van der Waals surface area (Å²) in [5, 5.41) is 0.619. The Bertz CT molecular complexity index is 1120. The Morgan fingerprint density at radius 1 is 0.700 bits per heavy atom. The molecule has 1 aromatic heterocycles. The summed E-state index contributed by atoms with van der Waals surface area (Å²) in [6.07, 6.45) is 0. The second-order valence-electron chi connectivity index (χ2n) is 6.67. The molecule has 3 nitrogen and oxygen atoms in total. The highest BCUT2D eigenvalue weighted by Gasteiger charge is 2.14. The van der Waals surface area contributed by atoms with Crippen molar-refractivity contribution in [2.75, 3.05) is 0 Å². The van der Waals surface area contributed by atoms with E-state index in [1.807, 2.05) is 91.0 Å². The number of benzene rings is 3. The number of nitrogens with zero attached hydrogens (tertiary/aromatic N) is 1. The Kier molecular flexibility index (Phi) is 6.67. The van der Waals surface area contributed by atoms with Gasteiger partial charge in [0.05, 0.1) is 0 Å². The first-order valence-corrected chi connectivity index (χ1v) is 10.7. The van der Waals surface area contributed by atoms with Gasteiger partial charge in [-0.25, -0.2) is 0 Å². The van der Waals surface area contributed by atoms with Crippen LogP contribution in [0.25, 0.3) is 11.1 Å². The largest absolute Gasteiger partial charge is 0.473 e. The van der Waals surface area contributed by atoms with E-state index in [1.165, 1.54) is 0 Å². The van der Waals surface area contributed by atoms with Crippen LogP contribution in [0.1, 0.15) is 11.1 Å². The molecule has 0 amide bonds. The van der Waals surface area contributed by atoms with Crippen molar-refractivity contribution in [2.45, 2.75) is 13.2 Å². The van der Waals surface area contributed by atoms with E-state index in [9.17, 15) is 0 Å². The van der Waals surface area contributed by atoms with Gasteiger partial charge in [0.15, 0.2) is 0 Å². The Labute approximate surface area is 189 Å². The summed E-state index contributed by atoms with van der Waals surface area (Å²) in [7, 11) is 0. The van der Waals surface area contributed by atoms with Crippen LogP contribution < -0.4 is 9.47 Å². The molecule has 0 aliphatic rings. The molecule has 3 aromatic carbocycles. The maximum atomic E-state index is 6.49. The molecule has 0 atom stereocenters. The number of halogens is 2. The highest BCUT2D eigenvalue weighted by atomic mass is 79.9. The predicted octanol–water partition coefficient (Wildman–Crippen LogP) is 7.32. The molecule has 4 rings (SSSR count). The number of hydrogen-bond donors (Lipinski definition) is 0. The van der Waals surface area contributed by atoms with Crippen molar-refractivity contribution in [3.8, 4) is 22.9 Å². The molecule has 0 N–H and O–H groups in total. The van der Waals surface area contributed by atoms with Crippen LogP contribution in [-0.4, -0.2) is 4.98 Å². The molecule has 0 unspecified atom stereocenters. The lowest BCUT2D eigenvalue weighted by atomic mass is 10.1. The molecule has 0 saturated carbocycles. The molecule has 0 saturated heterocycles. The first kappa shape index (κ1) is 20.5. The Balaban J connectivity index is 1.62. The average molecular weight is 481 g/mol. The van der Waals surface area contributed by atoms with E-state index in [-0.39, 0.29) is 0 Å². The molecule has 30 heavy (non-hydrogen) atoms. The lowest BCUT2D eigenvalue weighted by Crippen LogP contribution is -2.02. The fourth-order valence-electron chi connectivity index (χ4n) is 2.98. The van der Waals surface area contributed by atoms with Gasteiger partial charge >= 0.3 is 0 Å². The third-order valence-electron chi connectivity index (χ3n) is 4.50. The van der Waals surface area contributed by atoms with Gasteiger partial charge in [-0.3, -0.25) is 0 Å². The summed E-state index contributed by atoms with van der Waals surface area (Å²) in [5.74, 6) is 0.979. The van der Waals surface area contributed by atoms with Gasteiger partial charge in [-0.15, -0.1) is 0 Å². The minimum Gasteiger partial charge on any atom is -0.473 e. The monoisotopic (exact) mass is 479 g/mol. The van der Waals surface area contributed by atoms with Gasteiger partial charge in [0, 0.05) is 26.7 Å². The molecule has 1 heterocycles. The van der Waals surface area contributed by atoms with Crippen molar-refractivity contribution in [3.05, 3.63) is 112 Å². The van der Waals surface area contributed by atoms with Crippen molar-refractivity contribution in [3.63, 3.8) is 0 Å². The van der Waals surface area contributed by atoms with Crippen LogP contribution in [-0.2, 0) is 13.2 Å². The Morgan fingerprint density at radius 2 is 1.30 bits per heavy atom. The normalized spacial score (nSPS) is 10.6. The zero-order valence-corrected chi connectivity index (χ0v) is 18.4. The van der Waals surface area contributed by atoms with E-state index in [0.29, 0.717) is 30.0 Å². The zero-order valence-electron chi connectivity index (χ0n) is 16.1. The van der Waals surface area contributed by atoms with E-state index in [1.54, 1.807) is 0 Å². The van der Waals surface area contributed by atoms with E-state index < -0.39 is 0 Å². The quantitative estimate of drug-likeness (QED) is 0.278. The fourth-order valence-corrected chi connectivity index (χ4v) is 3.76. The number of ether oxygens (including phenoxy) is 2. The highest BCUT2D eigenvalue weighted by molar-refractivity contribution is 9.10. The standard InChI is InChI=1S/C25H19BrClNO2/c26-20-11-12-21(23(27)15-20)22-13-14-24(29-16-18-7-3-1-4-8-18)28-25(22)30-17-19-9-5-2-6-10-19/h1-15H,16-17H2. The number of hydrogen-bond acceptors (Lipinski definition) is 3. The second-order valence-corrected chi connectivity index (χ2v) is 8.00. The van der Waals surface area contributed by atoms with E-state index in [2.05, 4.69) is 20.9 Å². The van der Waals surface area contributed by atoms with E-state index >= 15 is 0 Å². The molecule has 0 spiro atoms. The molecule has 150 valence electrons. The number of rotatable bonds is 7. The SMILES string of the molecule is Clc1cc(Br)ccc1-c1ccc(OCc2ccccc2)nc1OCc1ccccc1. The van der Waals surface area contributed by atoms with Crippen molar-refractivity contribution < 1.29 is 9.47 Å². The molecule has 0 aliphatic heterocycles. The van der Waals surface area contributed by atoms with Crippen LogP contribution in [0.2, 0.25) is 5.02 Å². The summed E-state index contributed by atoms with van der Waals surface area (Å²) < 4.78 is 12.9. The molecule has 0 bridgehead atoms. The number of pyridine rings is 1. The molecule has 0 fully saturated rings. The maximum absolute atomic E-state index is 6.49. The molecular formula is C25H19BrClNO2. The average Bonchev–Trinajstić information content (AvgIpc) is 2.78. The first-order chi connectivity index (χ1) is 14.7. The van der Waals surface area contributed by atoms with Crippen LogP contribution in [0.3, 0.4) is 0 Å². The van der Waals surface area contributed by atoms with Gasteiger partial charge in [0.25, 0.3) is 0 Å². The number of aromatic nitrogens is 1. The van der Waals surface area contributed by atoms with Crippen LogP contribution in [0.5, 0.6) is 11.8 Å². The first-order valence-electron chi connectivity index (χ1n) is 9.49. The maximum Gasteiger partial charge on any atom is 0.225 e. The zero-order chi connectivity index (χ0) is 20.8. The van der Waals surface area contributed by atoms with Crippen LogP contribution in [0.15, 0.2) is 95.5 Å².